The average Bonchev–Trinajstić information content (AvgIpc) is 2.85. The highest BCUT2D eigenvalue weighted by atomic mass is 79.9. The molecule has 2 nitrogen and oxygen atoms in total. The van der Waals surface area contributed by atoms with Crippen molar-refractivity contribution in [3.63, 3.8) is 0 Å². The lowest BCUT2D eigenvalue weighted by molar-refractivity contribution is 0.569. The van der Waals surface area contributed by atoms with Crippen molar-refractivity contribution < 1.29 is 0 Å². The molecule has 2 rings (SSSR count). The van der Waals surface area contributed by atoms with E-state index in [9.17, 15) is 0 Å². The molecule has 0 bridgehead atoms. The molecular weight excluding hydrogens is 352 g/mol. The summed E-state index contributed by atoms with van der Waals surface area (Å²) in [5.74, 6) is 0. The quantitative estimate of drug-likeness (QED) is 0.816. The fourth-order valence-electron chi connectivity index (χ4n) is 1.41. The zero-order valence-electron chi connectivity index (χ0n) is 10.3. The van der Waals surface area contributed by atoms with Crippen molar-refractivity contribution in [2.45, 2.75) is 32.2 Å². The van der Waals surface area contributed by atoms with E-state index in [1.165, 1.54) is 11.3 Å². The predicted molar refractivity (Wildman–Crippen MR) is 83.9 cm³/mol. The SMILES string of the molecule is CC(C)(C)c1csc(C(N)c2cc(Br)c(Cl)s2)n1. The lowest BCUT2D eigenvalue weighted by Crippen LogP contribution is -2.14. The van der Waals surface area contributed by atoms with E-state index in [0.717, 1.165) is 24.4 Å². The summed E-state index contributed by atoms with van der Waals surface area (Å²) >= 11 is 12.5. The summed E-state index contributed by atoms with van der Waals surface area (Å²) in [4.78, 5) is 5.67. The first-order valence-corrected chi connectivity index (χ1v) is 8.32. The zero-order valence-corrected chi connectivity index (χ0v) is 14.3. The van der Waals surface area contributed by atoms with Gasteiger partial charge < -0.3 is 5.73 Å². The minimum atomic E-state index is -0.195. The normalized spacial score (nSPS) is 13.9. The number of thiophene rings is 1. The van der Waals surface area contributed by atoms with E-state index < -0.39 is 0 Å². The third-order valence-corrected chi connectivity index (χ3v) is 6.01. The first-order valence-electron chi connectivity index (χ1n) is 5.45. The van der Waals surface area contributed by atoms with Crippen molar-refractivity contribution >= 4 is 50.2 Å². The summed E-state index contributed by atoms with van der Waals surface area (Å²) in [6, 6.07) is 1.77. The smallest absolute Gasteiger partial charge is 0.115 e. The van der Waals surface area contributed by atoms with E-state index in [1.807, 2.05) is 6.07 Å². The molecule has 1 atom stereocenters. The van der Waals surface area contributed by atoms with Gasteiger partial charge >= 0.3 is 0 Å². The van der Waals surface area contributed by atoms with Crippen LogP contribution in [0, 0.1) is 0 Å². The molecule has 0 aliphatic rings. The van der Waals surface area contributed by atoms with E-state index in [4.69, 9.17) is 17.3 Å². The van der Waals surface area contributed by atoms with E-state index in [0.29, 0.717) is 0 Å². The number of halogens is 2. The number of hydrogen-bond donors (Lipinski definition) is 1. The monoisotopic (exact) mass is 364 g/mol. The first-order chi connectivity index (χ1) is 8.29. The van der Waals surface area contributed by atoms with Crippen molar-refractivity contribution in [1.82, 2.24) is 4.98 Å². The molecule has 0 amide bonds. The molecule has 1 unspecified atom stereocenters. The lowest BCUT2D eigenvalue weighted by Gasteiger charge is -2.14. The first kappa shape index (κ1) is 14.5. The number of aromatic nitrogens is 1. The fraction of sp³-hybridized carbons (Fsp3) is 0.417. The number of nitrogens with zero attached hydrogens (tertiary/aromatic N) is 1. The van der Waals surface area contributed by atoms with Gasteiger partial charge in [-0.2, -0.15) is 0 Å². The summed E-state index contributed by atoms with van der Waals surface area (Å²) in [5, 5.41) is 3.02. The summed E-state index contributed by atoms with van der Waals surface area (Å²) < 4.78 is 1.63. The van der Waals surface area contributed by atoms with E-state index in [-0.39, 0.29) is 11.5 Å². The molecule has 98 valence electrons. The maximum atomic E-state index is 6.23. The van der Waals surface area contributed by atoms with E-state index >= 15 is 0 Å². The van der Waals surface area contributed by atoms with Gasteiger partial charge in [-0.15, -0.1) is 22.7 Å². The van der Waals surface area contributed by atoms with Gasteiger partial charge in [0.05, 0.1) is 11.7 Å². The highest BCUT2D eigenvalue weighted by Crippen LogP contribution is 2.37. The molecule has 0 aliphatic carbocycles. The van der Waals surface area contributed by atoms with Crippen LogP contribution in [0.1, 0.15) is 42.4 Å². The van der Waals surface area contributed by atoms with Crippen LogP contribution in [0.2, 0.25) is 4.34 Å². The Morgan fingerprint density at radius 1 is 1.44 bits per heavy atom. The van der Waals surface area contributed by atoms with Gasteiger partial charge in [0.25, 0.3) is 0 Å². The molecule has 0 aliphatic heterocycles. The van der Waals surface area contributed by atoms with Crippen LogP contribution >= 0.6 is 50.2 Å². The lowest BCUT2D eigenvalue weighted by atomic mass is 9.93. The van der Waals surface area contributed by atoms with Gasteiger partial charge in [0.1, 0.15) is 9.34 Å². The van der Waals surface area contributed by atoms with Crippen molar-refractivity contribution in [2.24, 2.45) is 5.73 Å². The number of hydrogen-bond acceptors (Lipinski definition) is 4. The largest absolute Gasteiger partial charge is 0.318 e. The maximum absolute atomic E-state index is 6.23. The molecule has 0 aromatic carbocycles. The van der Waals surface area contributed by atoms with E-state index in [2.05, 4.69) is 47.1 Å². The topological polar surface area (TPSA) is 38.9 Å². The molecule has 0 spiro atoms. The van der Waals surface area contributed by atoms with Gasteiger partial charge in [-0.3, -0.25) is 0 Å². The zero-order chi connectivity index (χ0) is 13.5. The van der Waals surface area contributed by atoms with E-state index in [1.54, 1.807) is 11.3 Å². The van der Waals surface area contributed by atoms with Crippen LogP contribution < -0.4 is 5.73 Å². The molecule has 0 fully saturated rings. The molecule has 2 aromatic rings. The Kier molecular flexibility index (Phi) is 4.19. The fourth-order valence-corrected chi connectivity index (χ4v) is 4.29. The minimum Gasteiger partial charge on any atom is -0.318 e. The van der Waals surface area contributed by atoms with Gasteiger partial charge in [-0.05, 0) is 22.0 Å². The summed E-state index contributed by atoms with van der Waals surface area (Å²) in [6.07, 6.45) is 0. The molecule has 18 heavy (non-hydrogen) atoms. The molecule has 2 heterocycles. The number of rotatable bonds is 2. The van der Waals surface area contributed by atoms with Gasteiger partial charge in [-0.25, -0.2) is 4.98 Å². The second kappa shape index (κ2) is 5.21. The molecule has 6 heteroatoms. The molecule has 2 N–H and O–H groups in total. The Morgan fingerprint density at radius 3 is 2.56 bits per heavy atom. The average molecular weight is 366 g/mol. The second-order valence-electron chi connectivity index (χ2n) is 5.07. The predicted octanol–water partition coefficient (Wildman–Crippen LogP) is 4.97. The summed E-state index contributed by atoms with van der Waals surface area (Å²) in [6.45, 7) is 6.45. The van der Waals surface area contributed by atoms with Crippen molar-refractivity contribution in [1.29, 1.82) is 0 Å². The standard InChI is InChI=1S/C12H14BrClN2S2/c1-12(2,3)8-5-17-11(16-8)9(15)7-4-6(13)10(14)18-7/h4-5,9H,15H2,1-3H3. The van der Waals surface area contributed by atoms with Crippen molar-refractivity contribution in [3.8, 4) is 0 Å². The van der Waals surface area contributed by atoms with Crippen LogP contribution in [0.4, 0.5) is 0 Å². The van der Waals surface area contributed by atoms with Gasteiger partial charge in [0.15, 0.2) is 0 Å². The Morgan fingerprint density at radius 2 is 2.11 bits per heavy atom. The highest BCUT2D eigenvalue weighted by molar-refractivity contribution is 9.10. The Balaban J connectivity index is 2.29. The Labute approximate surface area is 128 Å². The van der Waals surface area contributed by atoms with Crippen molar-refractivity contribution in [2.75, 3.05) is 0 Å². The molecular formula is C12H14BrClN2S2. The number of nitrogens with two attached hydrogens (primary N) is 1. The Hall–Kier alpha value is 0.0600. The second-order valence-corrected chi connectivity index (χ2v) is 8.50. The summed E-state index contributed by atoms with van der Waals surface area (Å²) in [5.41, 5.74) is 7.37. The van der Waals surface area contributed by atoms with Gasteiger partial charge in [0, 0.05) is 20.1 Å². The Bertz CT molecular complexity index is 537. The van der Waals surface area contributed by atoms with Crippen molar-refractivity contribution in [3.05, 3.63) is 35.8 Å². The van der Waals surface area contributed by atoms with Crippen LogP contribution in [-0.4, -0.2) is 4.98 Å². The van der Waals surface area contributed by atoms with Crippen LogP contribution in [-0.2, 0) is 5.41 Å². The molecule has 0 radical (unpaired) electrons. The molecule has 2 aromatic heterocycles. The summed E-state index contributed by atoms with van der Waals surface area (Å²) in [7, 11) is 0. The van der Waals surface area contributed by atoms with Gasteiger partial charge in [-0.1, -0.05) is 32.4 Å². The third kappa shape index (κ3) is 2.96. The van der Waals surface area contributed by atoms with Crippen LogP contribution in [0.25, 0.3) is 0 Å². The molecule has 0 saturated carbocycles. The third-order valence-electron chi connectivity index (χ3n) is 2.53. The van der Waals surface area contributed by atoms with Crippen LogP contribution in [0.15, 0.2) is 15.9 Å². The number of thiazole rings is 1. The maximum Gasteiger partial charge on any atom is 0.115 e. The highest BCUT2D eigenvalue weighted by Gasteiger charge is 2.21. The van der Waals surface area contributed by atoms with Crippen LogP contribution in [0.5, 0.6) is 0 Å². The minimum absolute atomic E-state index is 0.0577. The van der Waals surface area contributed by atoms with Crippen LogP contribution in [0.3, 0.4) is 0 Å². The van der Waals surface area contributed by atoms with Gasteiger partial charge in [0.2, 0.25) is 0 Å². The molecule has 0 saturated heterocycles.